The van der Waals surface area contributed by atoms with Gasteiger partial charge in [0, 0.05) is 27.7 Å². The van der Waals surface area contributed by atoms with Crippen LogP contribution in [0.25, 0.3) is 0 Å². The van der Waals surface area contributed by atoms with Gasteiger partial charge in [0.05, 0.1) is 28.6 Å². The van der Waals surface area contributed by atoms with Crippen molar-refractivity contribution in [1.29, 1.82) is 0 Å². The number of hydrogen-bond donors (Lipinski definition) is 1. The highest BCUT2D eigenvalue weighted by Crippen LogP contribution is 2.37. The molecule has 0 saturated carbocycles. The summed E-state index contributed by atoms with van der Waals surface area (Å²) in [5.41, 5.74) is 4.47. The van der Waals surface area contributed by atoms with Gasteiger partial charge < -0.3 is 9.47 Å². The van der Waals surface area contributed by atoms with E-state index < -0.39 is 4.92 Å². The molecule has 3 rings (SSSR count). The molecule has 3 aromatic carbocycles. The number of nitro benzene ring substituents is 1. The summed E-state index contributed by atoms with van der Waals surface area (Å²) < 4.78 is 12.3. The van der Waals surface area contributed by atoms with E-state index in [1.54, 1.807) is 30.3 Å². The number of hydrogen-bond acceptors (Lipinski definition) is 6. The number of nitrogens with zero attached hydrogens (tertiary/aromatic N) is 2. The summed E-state index contributed by atoms with van der Waals surface area (Å²) in [4.78, 5) is 22.4. The van der Waals surface area contributed by atoms with E-state index in [9.17, 15) is 14.9 Å². The molecule has 0 saturated heterocycles. The third-order valence-corrected chi connectivity index (χ3v) is 5.81. The number of non-ortho nitro benzene ring substituents is 1. The molecule has 8 nitrogen and oxygen atoms in total. The fraction of sp³-hybridized carbons (Fsp3) is 0.167. The zero-order chi connectivity index (χ0) is 25.4. The van der Waals surface area contributed by atoms with Gasteiger partial charge in [-0.2, -0.15) is 5.10 Å². The topological polar surface area (TPSA) is 103 Å². The van der Waals surface area contributed by atoms with Crippen LogP contribution < -0.4 is 14.9 Å². The third kappa shape index (κ3) is 7.68. The Bertz CT molecular complexity index is 1250. The molecule has 182 valence electrons. The number of benzene rings is 3. The van der Waals surface area contributed by atoms with Crippen molar-refractivity contribution in [2.75, 3.05) is 6.61 Å². The summed E-state index contributed by atoms with van der Waals surface area (Å²) in [5.74, 6) is 0.627. The Labute approximate surface area is 220 Å². The van der Waals surface area contributed by atoms with Gasteiger partial charge in [-0.25, -0.2) is 5.43 Å². The number of nitrogens with one attached hydrogen (secondary N) is 1. The molecular weight excluding hydrogens is 561 g/mol. The SMILES string of the molecule is CCOc1cc(/C=N\NC(=O)Cc2ccc([N+](=O)[O-])cc2)cc(Br)c1OCc1ccc(Cl)cc1Cl. The van der Waals surface area contributed by atoms with E-state index in [2.05, 4.69) is 26.5 Å². The molecule has 0 aliphatic rings. The lowest BCUT2D eigenvalue weighted by atomic mass is 10.1. The second kappa shape index (κ2) is 12.5. The molecule has 0 atom stereocenters. The second-order valence-electron chi connectivity index (χ2n) is 7.18. The van der Waals surface area contributed by atoms with Crippen molar-refractivity contribution in [2.45, 2.75) is 20.0 Å². The van der Waals surface area contributed by atoms with Crippen LogP contribution in [0, 0.1) is 10.1 Å². The number of rotatable bonds is 10. The van der Waals surface area contributed by atoms with Crippen LogP contribution in [0.1, 0.15) is 23.6 Å². The summed E-state index contributed by atoms with van der Waals surface area (Å²) >= 11 is 15.7. The monoisotopic (exact) mass is 579 g/mol. The maximum Gasteiger partial charge on any atom is 0.269 e. The number of ether oxygens (including phenoxy) is 2. The van der Waals surface area contributed by atoms with Crippen LogP contribution in [-0.2, 0) is 17.8 Å². The van der Waals surface area contributed by atoms with Crippen LogP contribution in [0.15, 0.2) is 64.2 Å². The summed E-state index contributed by atoms with van der Waals surface area (Å²) in [6, 6.07) is 14.4. The first-order valence-corrected chi connectivity index (χ1v) is 11.9. The molecular formula is C24H20BrCl2N3O5. The van der Waals surface area contributed by atoms with Gasteiger partial charge in [0.25, 0.3) is 5.69 Å². The maximum absolute atomic E-state index is 12.1. The Morgan fingerprint density at radius 2 is 1.89 bits per heavy atom. The van der Waals surface area contributed by atoms with Gasteiger partial charge in [0.2, 0.25) is 5.91 Å². The Morgan fingerprint density at radius 3 is 2.54 bits per heavy atom. The third-order valence-electron chi connectivity index (χ3n) is 4.63. The largest absolute Gasteiger partial charge is 0.490 e. The van der Waals surface area contributed by atoms with Crippen molar-refractivity contribution in [3.8, 4) is 11.5 Å². The van der Waals surface area contributed by atoms with Crippen molar-refractivity contribution in [2.24, 2.45) is 5.10 Å². The van der Waals surface area contributed by atoms with Crippen molar-refractivity contribution in [3.63, 3.8) is 0 Å². The number of carbonyl (C=O) groups excluding carboxylic acids is 1. The van der Waals surface area contributed by atoms with E-state index in [0.29, 0.717) is 43.8 Å². The summed E-state index contributed by atoms with van der Waals surface area (Å²) in [6.45, 7) is 2.48. The molecule has 0 aliphatic carbocycles. The average Bonchev–Trinajstić information content (AvgIpc) is 2.80. The predicted molar refractivity (Wildman–Crippen MR) is 139 cm³/mol. The molecule has 0 unspecified atom stereocenters. The van der Waals surface area contributed by atoms with E-state index in [4.69, 9.17) is 32.7 Å². The Kier molecular flexibility index (Phi) is 9.47. The van der Waals surface area contributed by atoms with Crippen LogP contribution >= 0.6 is 39.1 Å². The molecule has 0 bridgehead atoms. The van der Waals surface area contributed by atoms with Crippen LogP contribution in [0.5, 0.6) is 11.5 Å². The van der Waals surface area contributed by atoms with E-state index in [-0.39, 0.29) is 24.6 Å². The highest BCUT2D eigenvalue weighted by molar-refractivity contribution is 9.10. The number of nitro groups is 1. The molecule has 0 radical (unpaired) electrons. The van der Waals surface area contributed by atoms with Crippen molar-refractivity contribution >= 4 is 56.9 Å². The summed E-state index contributed by atoms with van der Waals surface area (Å²) in [5, 5.41) is 15.8. The smallest absolute Gasteiger partial charge is 0.269 e. The predicted octanol–water partition coefficient (Wildman–Crippen LogP) is 6.33. The van der Waals surface area contributed by atoms with Gasteiger partial charge in [0.1, 0.15) is 6.61 Å². The zero-order valence-corrected chi connectivity index (χ0v) is 21.6. The summed E-state index contributed by atoms with van der Waals surface area (Å²) in [6.07, 6.45) is 1.50. The minimum absolute atomic E-state index is 0.0310. The lowest BCUT2D eigenvalue weighted by Crippen LogP contribution is -2.19. The van der Waals surface area contributed by atoms with Gasteiger partial charge in [-0.05, 0) is 58.2 Å². The second-order valence-corrected chi connectivity index (χ2v) is 8.88. The van der Waals surface area contributed by atoms with E-state index in [0.717, 1.165) is 5.56 Å². The first-order chi connectivity index (χ1) is 16.8. The maximum atomic E-state index is 12.1. The molecule has 11 heteroatoms. The highest BCUT2D eigenvalue weighted by Gasteiger charge is 2.13. The molecule has 0 spiro atoms. The van der Waals surface area contributed by atoms with E-state index >= 15 is 0 Å². The minimum atomic E-state index is -0.494. The Morgan fingerprint density at radius 1 is 1.14 bits per heavy atom. The molecule has 1 N–H and O–H groups in total. The Hall–Kier alpha value is -3.14. The van der Waals surface area contributed by atoms with Gasteiger partial charge in [-0.3, -0.25) is 14.9 Å². The van der Waals surface area contributed by atoms with Crippen LogP contribution in [0.2, 0.25) is 10.0 Å². The lowest BCUT2D eigenvalue weighted by molar-refractivity contribution is -0.384. The van der Waals surface area contributed by atoms with Gasteiger partial charge in [-0.15, -0.1) is 0 Å². The molecule has 3 aromatic rings. The summed E-state index contributed by atoms with van der Waals surface area (Å²) in [7, 11) is 0. The first-order valence-electron chi connectivity index (χ1n) is 10.3. The minimum Gasteiger partial charge on any atom is -0.490 e. The number of amides is 1. The number of halogens is 3. The highest BCUT2D eigenvalue weighted by atomic mass is 79.9. The van der Waals surface area contributed by atoms with E-state index in [1.165, 1.54) is 30.5 Å². The molecule has 0 aliphatic heterocycles. The van der Waals surface area contributed by atoms with Crippen LogP contribution in [0.4, 0.5) is 5.69 Å². The van der Waals surface area contributed by atoms with Crippen molar-refractivity contribution in [1.82, 2.24) is 5.43 Å². The number of hydrazone groups is 1. The fourth-order valence-corrected chi connectivity index (χ4v) is 4.03. The van der Waals surface area contributed by atoms with E-state index in [1.807, 2.05) is 6.92 Å². The van der Waals surface area contributed by atoms with Crippen LogP contribution in [0.3, 0.4) is 0 Å². The standard InChI is InChI=1S/C24H20BrCl2N3O5/c1-2-34-22-10-16(9-20(25)24(22)35-14-17-5-6-18(26)12-21(17)27)13-28-29-23(31)11-15-3-7-19(8-4-15)30(32)33/h3-10,12-13H,2,11,14H2,1H3,(H,29,31)/b28-13-. The van der Waals surface area contributed by atoms with Gasteiger partial charge >= 0.3 is 0 Å². The van der Waals surface area contributed by atoms with Crippen molar-refractivity contribution in [3.05, 3.63) is 95.9 Å². The van der Waals surface area contributed by atoms with Crippen molar-refractivity contribution < 1.29 is 19.2 Å². The average molecular weight is 581 g/mol. The normalized spacial score (nSPS) is 10.9. The van der Waals surface area contributed by atoms with Gasteiger partial charge in [0.15, 0.2) is 11.5 Å². The van der Waals surface area contributed by atoms with Crippen LogP contribution in [-0.4, -0.2) is 23.7 Å². The first kappa shape index (κ1) is 26.5. The van der Waals surface area contributed by atoms with Gasteiger partial charge in [-0.1, -0.05) is 41.4 Å². The molecule has 0 aromatic heterocycles. The fourth-order valence-electron chi connectivity index (χ4n) is 2.99. The molecule has 0 fully saturated rings. The Balaban J connectivity index is 1.65. The zero-order valence-electron chi connectivity index (χ0n) is 18.5. The molecule has 35 heavy (non-hydrogen) atoms. The molecule has 0 heterocycles. The molecule has 1 amide bonds. The number of carbonyl (C=O) groups is 1. The lowest BCUT2D eigenvalue weighted by Gasteiger charge is -2.15. The quantitative estimate of drug-likeness (QED) is 0.171.